The molecular formula is C18H26N2O3. The third kappa shape index (κ3) is 3.67. The Bertz CT molecular complexity index is 553. The van der Waals surface area contributed by atoms with Crippen LogP contribution >= 0.6 is 0 Å². The van der Waals surface area contributed by atoms with Gasteiger partial charge in [-0.1, -0.05) is 18.2 Å². The predicted molar refractivity (Wildman–Crippen MR) is 88.5 cm³/mol. The van der Waals surface area contributed by atoms with Crippen LogP contribution in [0.15, 0.2) is 24.3 Å². The smallest absolute Gasteiger partial charge is 0.237 e. The van der Waals surface area contributed by atoms with E-state index < -0.39 is 0 Å². The first kappa shape index (κ1) is 16.3. The third-order valence-corrected chi connectivity index (χ3v) is 4.65. The highest BCUT2D eigenvalue weighted by Crippen LogP contribution is 2.31. The van der Waals surface area contributed by atoms with E-state index in [1.54, 1.807) is 0 Å². The van der Waals surface area contributed by atoms with Crippen LogP contribution in [-0.4, -0.2) is 48.8 Å². The first-order valence-corrected chi connectivity index (χ1v) is 8.46. The zero-order valence-corrected chi connectivity index (χ0v) is 14.1. The number of amides is 1. The normalized spacial score (nSPS) is 29.3. The lowest BCUT2D eigenvalue weighted by molar-refractivity contribution is -0.132. The lowest BCUT2D eigenvalue weighted by atomic mass is 10.00. The maximum Gasteiger partial charge on any atom is 0.237 e. The number of ether oxygens (including phenoxy) is 2. The van der Waals surface area contributed by atoms with Crippen LogP contribution in [-0.2, 0) is 9.53 Å². The number of nitrogens with one attached hydrogen (secondary N) is 1. The molecule has 3 rings (SSSR count). The maximum absolute atomic E-state index is 12.7. The van der Waals surface area contributed by atoms with E-state index in [1.165, 1.54) is 0 Å². The van der Waals surface area contributed by atoms with Crippen LogP contribution in [0, 0.1) is 0 Å². The Labute approximate surface area is 137 Å². The first-order valence-electron chi connectivity index (χ1n) is 8.46. The summed E-state index contributed by atoms with van der Waals surface area (Å²) >= 11 is 0. The summed E-state index contributed by atoms with van der Waals surface area (Å²) in [6.07, 6.45) is 1.14. The van der Waals surface area contributed by atoms with Gasteiger partial charge in [0.15, 0.2) is 0 Å². The number of carbonyl (C=O) groups is 1. The van der Waals surface area contributed by atoms with Gasteiger partial charge in [-0.25, -0.2) is 0 Å². The van der Waals surface area contributed by atoms with Gasteiger partial charge < -0.3 is 14.8 Å². The van der Waals surface area contributed by atoms with Gasteiger partial charge in [0.1, 0.15) is 5.75 Å². The van der Waals surface area contributed by atoms with Crippen molar-refractivity contribution in [2.45, 2.75) is 51.5 Å². The van der Waals surface area contributed by atoms with E-state index in [2.05, 4.69) is 24.1 Å². The number of fused-ring (bicyclic) bond motifs is 1. The van der Waals surface area contributed by atoms with Crippen LogP contribution in [0.5, 0.6) is 5.75 Å². The van der Waals surface area contributed by atoms with E-state index in [4.69, 9.17) is 9.47 Å². The predicted octanol–water partition coefficient (Wildman–Crippen LogP) is 2.12. The summed E-state index contributed by atoms with van der Waals surface area (Å²) in [6.45, 7) is 8.32. The SMILES string of the molecule is C[C@@H]1CN([C@H](C)C(=O)N[C@H]2CCOc3ccccc32)C[C@H](C)O1. The van der Waals surface area contributed by atoms with Crippen molar-refractivity contribution in [2.24, 2.45) is 0 Å². The van der Waals surface area contributed by atoms with E-state index in [0.29, 0.717) is 6.61 Å². The molecule has 2 aliphatic rings. The molecule has 5 heteroatoms. The van der Waals surface area contributed by atoms with Gasteiger partial charge in [0.25, 0.3) is 0 Å². The highest BCUT2D eigenvalue weighted by atomic mass is 16.5. The lowest BCUT2D eigenvalue weighted by Gasteiger charge is -2.38. The molecule has 0 aromatic heterocycles. The largest absolute Gasteiger partial charge is 0.493 e. The summed E-state index contributed by atoms with van der Waals surface area (Å²) in [4.78, 5) is 14.9. The van der Waals surface area contributed by atoms with Crippen molar-refractivity contribution >= 4 is 5.91 Å². The molecule has 1 fully saturated rings. The van der Waals surface area contributed by atoms with Crippen molar-refractivity contribution < 1.29 is 14.3 Å². The number of carbonyl (C=O) groups excluding carboxylic acids is 1. The van der Waals surface area contributed by atoms with Gasteiger partial charge >= 0.3 is 0 Å². The summed E-state index contributed by atoms with van der Waals surface area (Å²) in [7, 11) is 0. The molecule has 0 radical (unpaired) electrons. The summed E-state index contributed by atoms with van der Waals surface area (Å²) < 4.78 is 11.4. The van der Waals surface area contributed by atoms with E-state index in [9.17, 15) is 4.79 Å². The standard InChI is InChI=1S/C18H26N2O3/c1-12-10-20(11-13(2)23-12)14(3)18(21)19-16-8-9-22-17-7-5-4-6-15(16)17/h4-7,12-14,16H,8-11H2,1-3H3,(H,19,21)/t12-,13+,14-,16+/m1/s1. The molecule has 0 spiro atoms. The fourth-order valence-electron chi connectivity index (χ4n) is 3.48. The van der Waals surface area contributed by atoms with Crippen LogP contribution in [0.4, 0.5) is 0 Å². The van der Waals surface area contributed by atoms with Crippen molar-refractivity contribution in [3.05, 3.63) is 29.8 Å². The molecule has 0 unspecified atom stereocenters. The zero-order valence-electron chi connectivity index (χ0n) is 14.1. The lowest BCUT2D eigenvalue weighted by Crippen LogP contribution is -2.54. The topological polar surface area (TPSA) is 50.8 Å². The minimum absolute atomic E-state index is 0.0331. The van der Waals surface area contributed by atoms with Gasteiger partial charge in [0, 0.05) is 25.1 Å². The monoisotopic (exact) mass is 318 g/mol. The van der Waals surface area contributed by atoms with Crippen LogP contribution in [0.25, 0.3) is 0 Å². The van der Waals surface area contributed by atoms with Gasteiger partial charge in [-0.2, -0.15) is 0 Å². The summed E-state index contributed by atoms with van der Waals surface area (Å²) in [5, 5.41) is 3.20. The van der Waals surface area contributed by atoms with Crippen LogP contribution in [0.2, 0.25) is 0 Å². The average molecular weight is 318 g/mol. The number of hydrogen-bond donors (Lipinski definition) is 1. The van der Waals surface area contributed by atoms with E-state index in [0.717, 1.165) is 30.8 Å². The molecule has 126 valence electrons. The molecule has 23 heavy (non-hydrogen) atoms. The van der Waals surface area contributed by atoms with Gasteiger partial charge in [0.2, 0.25) is 5.91 Å². The number of rotatable bonds is 3. The summed E-state index contributed by atoms with van der Waals surface area (Å²) in [5.74, 6) is 0.957. The van der Waals surface area contributed by atoms with Gasteiger partial charge in [0.05, 0.1) is 30.9 Å². The number of morpholine rings is 1. The highest BCUT2D eigenvalue weighted by Gasteiger charge is 2.31. The molecule has 1 aromatic carbocycles. The van der Waals surface area contributed by atoms with Crippen LogP contribution in [0.1, 0.15) is 38.8 Å². The molecule has 0 saturated carbocycles. The van der Waals surface area contributed by atoms with E-state index in [1.807, 2.05) is 31.2 Å². The maximum atomic E-state index is 12.7. The molecule has 4 atom stereocenters. The van der Waals surface area contributed by atoms with Crippen molar-refractivity contribution in [1.82, 2.24) is 10.2 Å². The van der Waals surface area contributed by atoms with Crippen LogP contribution in [0.3, 0.4) is 0 Å². The second-order valence-electron chi connectivity index (χ2n) is 6.62. The summed E-state index contributed by atoms with van der Waals surface area (Å²) in [6, 6.07) is 7.82. The first-order chi connectivity index (χ1) is 11.0. The summed E-state index contributed by atoms with van der Waals surface area (Å²) in [5.41, 5.74) is 1.07. The van der Waals surface area contributed by atoms with Gasteiger partial charge in [-0.05, 0) is 26.8 Å². The number of para-hydroxylation sites is 1. The Morgan fingerprint density at radius 3 is 2.70 bits per heavy atom. The molecule has 1 N–H and O–H groups in total. The minimum atomic E-state index is -0.154. The average Bonchev–Trinajstić information content (AvgIpc) is 2.53. The Morgan fingerprint density at radius 1 is 1.26 bits per heavy atom. The van der Waals surface area contributed by atoms with Crippen molar-refractivity contribution in [3.8, 4) is 5.75 Å². The van der Waals surface area contributed by atoms with Crippen molar-refractivity contribution in [2.75, 3.05) is 19.7 Å². The number of hydrogen-bond acceptors (Lipinski definition) is 4. The number of nitrogens with zero attached hydrogens (tertiary/aromatic N) is 1. The molecule has 2 aliphatic heterocycles. The van der Waals surface area contributed by atoms with Crippen molar-refractivity contribution in [3.63, 3.8) is 0 Å². The Hall–Kier alpha value is -1.59. The van der Waals surface area contributed by atoms with Gasteiger partial charge in [-0.15, -0.1) is 0 Å². The number of benzene rings is 1. The second-order valence-corrected chi connectivity index (χ2v) is 6.62. The molecule has 0 bridgehead atoms. The molecule has 5 nitrogen and oxygen atoms in total. The quantitative estimate of drug-likeness (QED) is 0.927. The molecule has 0 aliphatic carbocycles. The highest BCUT2D eigenvalue weighted by molar-refractivity contribution is 5.82. The molecule has 1 amide bonds. The Balaban J connectivity index is 1.65. The second kappa shape index (κ2) is 6.89. The van der Waals surface area contributed by atoms with E-state index in [-0.39, 0.29) is 30.2 Å². The molecular weight excluding hydrogens is 292 g/mol. The Kier molecular flexibility index (Phi) is 4.87. The van der Waals surface area contributed by atoms with E-state index >= 15 is 0 Å². The fourth-order valence-corrected chi connectivity index (χ4v) is 3.48. The van der Waals surface area contributed by atoms with Gasteiger partial charge in [-0.3, -0.25) is 9.69 Å². The minimum Gasteiger partial charge on any atom is -0.493 e. The van der Waals surface area contributed by atoms with Crippen LogP contribution < -0.4 is 10.1 Å². The molecule has 1 aromatic rings. The molecule has 1 saturated heterocycles. The fraction of sp³-hybridized carbons (Fsp3) is 0.611. The van der Waals surface area contributed by atoms with Crippen molar-refractivity contribution in [1.29, 1.82) is 0 Å². The zero-order chi connectivity index (χ0) is 16.4. The Morgan fingerprint density at radius 2 is 1.96 bits per heavy atom. The third-order valence-electron chi connectivity index (χ3n) is 4.65. The molecule has 2 heterocycles.